The van der Waals surface area contributed by atoms with Gasteiger partial charge in [0.2, 0.25) is 0 Å². The molecule has 1 aromatic rings. The van der Waals surface area contributed by atoms with E-state index in [9.17, 15) is 10.1 Å². The van der Waals surface area contributed by atoms with Crippen LogP contribution in [0.2, 0.25) is 0 Å². The van der Waals surface area contributed by atoms with E-state index in [-0.39, 0.29) is 5.91 Å². The van der Waals surface area contributed by atoms with Crippen LogP contribution in [0.3, 0.4) is 0 Å². The first-order valence-electron chi connectivity index (χ1n) is 6.90. The molecular weight excluding hydrogens is 284 g/mol. The number of nitriles is 1. The average molecular weight is 300 g/mol. The van der Waals surface area contributed by atoms with Crippen molar-refractivity contribution in [2.24, 2.45) is 0 Å². The van der Waals surface area contributed by atoms with E-state index in [4.69, 9.17) is 4.74 Å². The highest BCUT2D eigenvalue weighted by molar-refractivity contribution is 7.99. The van der Waals surface area contributed by atoms with Crippen molar-refractivity contribution in [3.05, 3.63) is 41.2 Å². The number of thioether (sulfide) groups is 1. The lowest BCUT2D eigenvalue weighted by Crippen LogP contribution is -2.48. The largest absolute Gasteiger partial charge is 0.461 e. The van der Waals surface area contributed by atoms with E-state index < -0.39 is 5.54 Å². The van der Waals surface area contributed by atoms with Crippen molar-refractivity contribution in [1.82, 2.24) is 5.32 Å². The molecule has 4 nitrogen and oxygen atoms in total. The van der Waals surface area contributed by atoms with Crippen LogP contribution in [0.4, 0.5) is 0 Å². The summed E-state index contributed by atoms with van der Waals surface area (Å²) in [4.78, 5) is 12.5. The van der Waals surface area contributed by atoms with Crippen molar-refractivity contribution in [1.29, 1.82) is 5.26 Å². The van der Waals surface area contributed by atoms with Gasteiger partial charge in [0.15, 0.2) is 0 Å². The highest BCUT2D eigenvalue weighted by atomic mass is 32.2. The smallest absolute Gasteiger partial charge is 0.252 e. The van der Waals surface area contributed by atoms with E-state index in [1.165, 1.54) is 0 Å². The summed E-state index contributed by atoms with van der Waals surface area (Å²) < 4.78 is 5.73. The van der Waals surface area contributed by atoms with Gasteiger partial charge in [-0.15, -0.1) is 0 Å². The summed E-state index contributed by atoms with van der Waals surface area (Å²) in [5, 5.41) is 12.3. The maximum Gasteiger partial charge on any atom is 0.252 e. The van der Waals surface area contributed by atoms with Gasteiger partial charge in [-0.2, -0.15) is 17.0 Å². The number of carbonyl (C=O) groups excluding carboxylic acids is 1. The lowest BCUT2D eigenvalue weighted by atomic mass is 9.97. The number of hydrogen-bond donors (Lipinski definition) is 1. The van der Waals surface area contributed by atoms with Crippen molar-refractivity contribution in [2.45, 2.75) is 25.3 Å². The molecule has 0 spiro atoms. The summed E-state index contributed by atoms with van der Waals surface area (Å²) in [6, 6.07) is 9.97. The lowest BCUT2D eigenvalue weighted by Gasteiger charge is -2.25. The molecule has 0 unspecified atom stereocenters. The molecular formula is C16H16N2O2S. The van der Waals surface area contributed by atoms with Gasteiger partial charge in [0.1, 0.15) is 17.0 Å². The molecule has 0 aromatic heterocycles. The van der Waals surface area contributed by atoms with E-state index >= 15 is 0 Å². The summed E-state index contributed by atoms with van der Waals surface area (Å²) in [6.45, 7) is 1.80. The number of amides is 1. The zero-order chi connectivity index (χ0) is 14.9. The predicted molar refractivity (Wildman–Crippen MR) is 81.9 cm³/mol. The molecule has 1 amide bonds. The van der Waals surface area contributed by atoms with Crippen LogP contribution in [0.1, 0.15) is 18.9 Å². The van der Waals surface area contributed by atoms with Crippen LogP contribution in [0.25, 0.3) is 0 Å². The Hall–Kier alpha value is -1.93. The monoisotopic (exact) mass is 300 g/mol. The van der Waals surface area contributed by atoms with Crippen LogP contribution >= 0.6 is 11.8 Å². The number of allylic oxidation sites excluding steroid dienone is 1. The average Bonchev–Trinajstić information content (AvgIpc) is 2.95. The first-order valence-corrected chi connectivity index (χ1v) is 8.06. The van der Waals surface area contributed by atoms with Gasteiger partial charge in [-0.05, 0) is 30.7 Å². The molecule has 0 radical (unpaired) electrons. The third-order valence-corrected chi connectivity index (χ3v) is 5.08. The van der Waals surface area contributed by atoms with Crippen LogP contribution in [0.5, 0.6) is 5.75 Å². The molecule has 0 bridgehead atoms. The third-order valence-electron chi connectivity index (χ3n) is 3.89. The molecule has 3 rings (SSSR count). The number of rotatable bonds is 2. The quantitative estimate of drug-likeness (QED) is 0.911. The van der Waals surface area contributed by atoms with Gasteiger partial charge in [-0.25, -0.2) is 0 Å². The minimum atomic E-state index is -0.730. The second kappa shape index (κ2) is 5.45. The number of para-hydroxylation sites is 1. The first-order chi connectivity index (χ1) is 10.1. The molecule has 21 heavy (non-hydrogen) atoms. The molecule has 1 N–H and O–H groups in total. The standard InChI is InChI=1S/C16H16N2O2S/c1-11-13(8-12-4-2-3-5-14(12)20-11)15(19)18-16(9-17)6-7-21-10-16/h2-5H,6-8,10H2,1H3,(H,18,19)/t16-/m1/s1. The number of hydrogen-bond acceptors (Lipinski definition) is 4. The zero-order valence-electron chi connectivity index (χ0n) is 11.8. The highest BCUT2D eigenvalue weighted by Gasteiger charge is 2.37. The van der Waals surface area contributed by atoms with Gasteiger partial charge in [0.05, 0.1) is 11.6 Å². The maximum absolute atomic E-state index is 12.5. The molecule has 1 atom stereocenters. The summed E-state index contributed by atoms with van der Waals surface area (Å²) >= 11 is 1.70. The predicted octanol–water partition coefficient (Wildman–Crippen LogP) is 2.41. The molecule has 2 aliphatic rings. The van der Waals surface area contributed by atoms with Crippen molar-refractivity contribution in [2.75, 3.05) is 11.5 Å². The Labute approximate surface area is 128 Å². The first kappa shape index (κ1) is 14.0. The lowest BCUT2D eigenvalue weighted by molar-refractivity contribution is -0.118. The Morgan fingerprint density at radius 1 is 1.48 bits per heavy atom. The Balaban J connectivity index is 1.81. The number of carbonyl (C=O) groups is 1. The molecule has 1 aromatic carbocycles. The Bertz CT molecular complexity index is 654. The number of benzene rings is 1. The van der Waals surface area contributed by atoms with Crippen molar-refractivity contribution >= 4 is 17.7 Å². The molecule has 0 aliphatic carbocycles. The summed E-state index contributed by atoms with van der Waals surface area (Å²) in [5.74, 6) is 2.79. The molecule has 2 heterocycles. The molecule has 108 valence electrons. The molecule has 2 aliphatic heterocycles. The number of nitrogens with zero attached hydrogens (tertiary/aromatic N) is 1. The molecule has 1 saturated heterocycles. The van der Waals surface area contributed by atoms with E-state index in [2.05, 4.69) is 11.4 Å². The highest BCUT2D eigenvalue weighted by Crippen LogP contribution is 2.31. The van der Waals surface area contributed by atoms with Gasteiger partial charge in [-0.3, -0.25) is 4.79 Å². The van der Waals surface area contributed by atoms with Gasteiger partial charge >= 0.3 is 0 Å². The Morgan fingerprint density at radius 3 is 3.00 bits per heavy atom. The van der Waals surface area contributed by atoms with E-state index in [1.807, 2.05) is 24.3 Å². The summed E-state index contributed by atoms with van der Waals surface area (Å²) in [6.07, 6.45) is 1.24. The fourth-order valence-corrected chi connectivity index (χ4v) is 3.87. The van der Waals surface area contributed by atoms with Crippen LogP contribution in [-0.4, -0.2) is 23.0 Å². The normalized spacial score (nSPS) is 24.0. The molecule has 1 fully saturated rings. The minimum absolute atomic E-state index is 0.189. The topological polar surface area (TPSA) is 62.1 Å². The number of fused-ring (bicyclic) bond motifs is 1. The zero-order valence-corrected chi connectivity index (χ0v) is 12.6. The van der Waals surface area contributed by atoms with Crippen LogP contribution < -0.4 is 10.1 Å². The Morgan fingerprint density at radius 2 is 2.29 bits per heavy atom. The van der Waals surface area contributed by atoms with Gasteiger partial charge in [0.25, 0.3) is 5.91 Å². The van der Waals surface area contributed by atoms with Crippen molar-refractivity contribution in [3.8, 4) is 11.8 Å². The van der Waals surface area contributed by atoms with Gasteiger partial charge < -0.3 is 10.1 Å². The number of nitrogens with one attached hydrogen (secondary N) is 1. The van der Waals surface area contributed by atoms with Crippen LogP contribution in [-0.2, 0) is 11.2 Å². The van der Waals surface area contributed by atoms with E-state index in [0.717, 1.165) is 17.1 Å². The summed E-state index contributed by atoms with van der Waals surface area (Å²) in [5.41, 5.74) is 0.881. The Kier molecular flexibility index (Phi) is 3.64. The maximum atomic E-state index is 12.5. The van der Waals surface area contributed by atoms with E-state index in [1.54, 1.807) is 18.7 Å². The SMILES string of the molecule is CC1=C(C(=O)N[C@@]2(C#N)CCSC2)Cc2ccccc2O1. The van der Waals surface area contributed by atoms with Crippen LogP contribution in [0.15, 0.2) is 35.6 Å². The van der Waals surface area contributed by atoms with Crippen LogP contribution in [0, 0.1) is 11.3 Å². The molecule has 0 saturated carbocycles. The summed E-state index contributed by atoms with van der Waals surface area (Å²) in [7, 11) is 0. The van der Waals surface area contributed by atoms with Gasteiger partial charge in [-0.1, -0.05) is 18.2 Å². The second-order valence-corrected chi connectivity index (χ2v) is 6.48. The molecule has 5 heteroatoms. The third kappa shape index (κ3) is 2.64. The van der Waals surface area contributed by atoms with E-state index in [0.29, 0.717) is 29.9 Å². The van der Waals surface area contributed by atoms with Crippen molar-refractivity contribution in [3.63, 3.8) is 0 Å². The van der Waals surface area contributed by atoms with Crippen molar-refractivity contribution < 1.29 is 9.53 Å². The minimum Gasteiger partial charge on any atom is -0.461 e. The van der Waals surface area contributed by atoms with Gasteiger partial charge in [0, 0.05) is 12.2 Å². The number of ether oxygens (including phenoxy) is 1. The fourth-order valence-electron chi connectivity index (χ4n) is 2.60. The second-order valence-electron chi connectivity index (χ2n) is 5.37. The fraction of sp³-hybridized carbons (Fsp3) is 0.375.